The largest absolute Gasteiger partial charge is 0.342 e. The Hall–Kier alpha value is -2.52. The summed E-state index contributed by atoms with van der Waals surface area (Å²) < 4.78 is 1.85. The van der Waals surface area contributed by atoms with Crippen LogP contribution in [0, 0.1) is 28.9 Å². The quantitative estimate of drug-likeness (QED) is 0.718. The van der Waals surface area contributed by atoms with Gasteiger partial charge in [0, 0.05) is 12.7 Å². The molecule has 0 bridgehead atoms. The second kappa shape index (κ2) is 3.92. The number of aromatic nitrogens is 1. The second-order valence-corrected chi connectivity index (χ2v) is 3.39. The molecule has 3 heteroatoms. The van der Waals surface area contributed by atoms with Crippen molar-refractivity contribution in [1.82, 2.24) is 4.57 Å². The van der Waals surface area contributed by atoms with E-state index < -0.39 is 0 Å². The van der Waals surface area contributed by atoms with Gasteiger partial charge in [0.05, 0.1) is 17.3 Å². The molecule has 0 saturated carbocycles. The lowest BCUT2D eigenvalue weighted by molar-refractivity contribution is 0.928. The molecule has 1 radical (unpaired) electrons. The summed E-state index contributed by atoms with van der Waals surface area (Å²) in [4.78, 5) is 0. The van der Waals surface area contributed by atoms with Gasteiger partial charge in [-0.05, 0) is 29.8 Å². The first-order valence-corrected chi connectivity index (χ1v) is 4.74. The SMILES string of the molecule is Cn1[c]ccc1-c1ccc(C#N)c(C#N)c1. The van der Waals surface area contributed by atoms with Gasteiger partial charge in [-0.15, -0.1) is 0 Å². The molecule has 2 aromatic rings. The second-order valence-electron chi connectivity index (χ2n) is 3.39. The van der Waals surface area contributed by atoms with E-state index in [0.717, 1.165) is 11.3 Å². The molecule has 3 nitrogen and oxygen atoms in total. The summed E-state index contributed by atoms with van der Waals surface area (Å²) in [6.07, 6.45) is 3.00. The maximum absolute atomic E-state index is 8.93. The number of aryl methyl sites for hydroxylation is 1. The molecule has 0 fully saturated rings. The summed E-state index contributed by atoms with van der Waals surface area (Å²) in [7, 11) is 1.89. The van der Waals surface area contributed by atoms with Gasteiger partial charge >= 0.3 is 0 Å². The van der Waals surface area contributed by atoms with Crippen LogP contribution in [-0.4, -0.2) is 4.57 Å². The van der Waals surface area contributed by atoms with Gasteiger partial charge in [-0.3, -0.25) is 0 Å². The molecule has 1 heterocycles. The van der Waals surface area contributed by atoms with E-state index in [4.69, 9.17) is 10.5 Å². The molecule has 75 valence electrons. The molecule has 0 aliphatic carbocycles. The highest BCUT2D eigenvalue weighted by atomic mass is 14.9. The average Bonchev–Trinajstić information content (AvgIpc) is 2.74. The minimum absolute atomic E-state index is 0.404. The Morgan fingerprint density at radius 2 is 1.88 bits per heavy atom. The normalized spacial score (nSPS) is 9.44. The Morgan fingerprint density at radius 1 is 1.12 bits per heavy atom. The molecule has 0 unspecified atom stereocenters. The lowest BCUT2D eigenvalue weighted by atomic mass is 10.0. The van der Waals surface area contributed by atoms with Gasteiger partial charge in [-0.2, -0.15) is 10.5 Å². The molecular formula is C13H8N3. The van der Waals surface area contributed by atoms with Crippen molar-refractivity contribution in [3.8, 4) is 23.4 Å². The summed E-state index contributed by atoms with van der Waals surface area (Å²) in [6, 6.07) is 13.0. The molecule has 0 atom stereocenters. The lowest BCUT2D eigenvalue weighted by Crippen LogP contribution is -1.91. The molecule has 0 amide bonds. The standard InChI is InChI=1S/C13H8N3/c1-16-6-2-3-13(16)10-4-5-11(8-14)12(7-10)9-15/h2-5,7H,1H3. The minimum Gasteiger partial charge on any atom is -0.342 e. The molecule has 1 aromatic carbocycles. The highest BCUT2D eigenvalue weighted by Crippen LogP contribution is 2.21. The van der Waals surface area contributed by atoms with E-state index in [0.29, 0.717) is 11.1 Å². The molecule has 0 aliphatic heterocycles. The van der Waals surface area contributed by atoms with Gasteiger partial charge in [0.15, 0.2) is 0 Å². The van der Waals surface area contributed by atoms with Gasteiger partial charge < -0.3 is 4.57 Å². The van der Waals surface area contributed by atoms with Crippen molar-refractivity contribution in [2.75, 3.05) is 0 Å². The third kappa shape index (κ3) is 1.55. The van der Waals surface area contributed by atoms with Crippen molar-refractivity contribution in [2.45, 2.75) is 0 Å². The van der Waals surface area contributed by atoms with Crippen LogP contribution in [0.15, 0.2) is 30.3 Å². The van der Waals surface area contributed by atoms with E-state index in [9.17, 15) is 0 Å². The van der Waals surface area contributed by atoms with Crippen LogP contribution in [0.1, 0.15) is 11.1 Å². The number of hydrogen-bond acceptors (Lipinski definition) is 2. The van der Waals surface area contributed by atoms with Crippen molar-refractivity contribution in [3.63, 3.8) is 0 Å². The number of hydrogen-bond donors (Lipinski definition) is 0. The van der Waals surface area contributed by atoms with Crippen molar-refractivity contribution in [2.24, 2.45) is 7.05 Å². The zero-order valence-electron chi connectivity index (χ0n) is 8.73. The number of nitrogens with zero attached hydrogens (tertiary/aromatic N) is 3. The zero-order chi connectivity index (χ0) is 11.5. The van der Waals surface area contributed by atoms with Crippen LogP contribution in [0.3, 0.4) is 0 Å². The van der Waals surface area contributed by atoms with Crippen LogP contribution in [0.4, 0.5) is 0 Å². The fourth-order valence-electron chi connectivity index (χ4n) is 1.59. The fraction of sp³-hybridized carbons (Fsp3) is 0.0769. The smallest absolute Gasteiger partial charge is 0.101 e. The maximum atomic E-state index is 8.93. The number of benzene rings is 1. The van der Waals surface area contributed by atoms with Crippen LogP contribution in [0.25, 0.3) is 11.3 Å². The zero-order valence-corrected chi connectivity index (χ0v) is 8.73. The molecule has 16 heavy (non-hydrogen) atoms. The Bertz CT molecular complexity index is 609. The average molecular weight is 206 g/mol. The first-order chi connectivity index (χ1) is 7.76. The van der Waals surface area contributed by atoms with Crippen molar-refractivity contribution in [3.05, 3.63) is 47.7 Å². The van der Waals surface area contributed by atoms with Gasteiger partial charge in [-0.1, -0.05) is 6.07 Å². The summed E-state index contributed by atoms with van der Waals surface area (Å²) in [5.41, 5.74) is 2.70. The molecular weight excluding hydrogens is 198 g/mol. The molecule has 0 N–H and O–H groups in total. The highest BCUT2D eigenvalue weighted by Gasteiger charge is 2.06. The maximum Gasteiger partial charge on any atom is 0.101 e. The van der Waals surface area contributed by atoms with Crippen LogP contribution < -0.4 is 0 Å². The fourth-order valence-corrected chi connectivity index (χ4v) is 1.59. The minimum atomic E-state index is 0.404. The Morgan fingerprint density at radius 3 is 2.44 bits per heavy atom. The monoisotopic (exact) mass is 206 g/mol. The first-order valence-electron chi connectivity index (χ1n) is 4.74. The Kier molecular flexibility index (Phi) is 2.45. The molecule has 0 aliphatic rings. The molecule has 2 rings (SSSR count). The van der Waals surface area contributed by atoms with E-state index in [2.05, 4.69) is 6.20 Å². The van der Waals surface area contributed by atoms with E-state index in [1.807, 2.05) is 42.0 Å². The molecule has 0 saturated heterocycles. The van der Waals surface area contributed by atoms with Crippen LogP contribution in [0.5, 0.6) is 0 Å². The molecule has 1 aromatic heterocycles. The summed E-state index contributed by atoms with van der Waals surface area (Å²) in [5, 5.41) is 17.7. The summed E-state index contributed by atoms with van der Waals surface area (Å²) in [6.45, 7) is 0. The van der Waals surface area contributed by atoms with E-state index in [-0.39, 0.29) is 0 Å². The van der Waals surface area contributed by atoms with Gasteiger partial charge in [-0.25, -0.2) is 0 Å². The Labute approximate surface area is 93.8 Å². The Balaban J connectivity index is 2.59. The van der Waals surface area contributed by atoms with E-state index in [1.54, 1.807) is 12.1 Å². The third-order valence-electron chi connectivity index (χ3n) is 2.43. The lowest BCUT2D eigenvalue weighted by Gasteiger charge is -2.04. The van der Waals surface area contributed by atoms with Crippen LogP contribution >= 0.6 is 0 Å². The van der Waals surface area contributed by atoms with Gasteiger partial charge in [0.2, 0.25) is 0 Å². The predicted octanol–water partition coefficient (Wildman–Crippen LogP) is 2.24. The summed E-state index contributed by atoms with van der Waals surface area (Å²) >= 11 is 0. The number of nitriles is 2. The predicted molar refractivity (Wildman–Crippen MR) is 59.1 cm³/mol. The van der Waals surface area contributed by atoms with Crippen LogP contribution in [0.2, 0.25) is 0 Å². The third-order valence-corrected chi connectivity index (χ3v) is 2.43. The van der Waals surface area contributed by atoms with Gasteiger partial charge in [0.25, 0.3) is 0 Å². The van der Waals surface area contributed by atoms with Gasteiger partial charge in [0.1, 0.15) is 12.1 Å². The van der Waals surface area contributed by atoms with E-state index in [1.165, 1.54) is 0 Å². The summed E-state index contributed by atoms with van der Waals surface area (Å²) in [5.74, 6) is 0. The number of rotatable bonds is 1. The topological polar surface area (TPSA) is 52.5 Å². The van der Waals surface area contributed by atoms with Crippen molar-refractivity contribution in [1.29, 1.82) is 10.5 Å². The molecule has 0 spiro atoms. The van der Waals surface area contributed by atoms with Crippen molar-refractivity contribution >= 4 is 0 Å². The highest BCUT2D eigenvalue weighted by molar-refractivity contribution is 5.64. The van der Waals surface area contributed by atoms with Crippen LogP contribution in [-0.2, 0) is 7.05 Å². The first kappa shape index (κ1) is 10.0. The van der Waals surface area contributed by atoms with Crippen molar-refractivity contribution < 1.29 is 0 Å². The van der Waals surface area contributed by atoms with E-state index >= 15 is 0 Å².